The average molecular weight is 457 g/mol. The van der Waals surface area contributed by atoms with Crippen LogP contribution < -0.4 is 17.2 Å². The maximum absolute atomic E-state index is 12.7. The second kappa shape index (κ2) is 14.5. The zero-order valence-electron chi connectivity index (χ0n) is 19.4. The highest BCUT2D eigenvalue weighted by Crippen LogP contribution is 2.22. The predicted molar refractivity (Wildman–Crippen MR) is 128 cm³/mol. The summed E-state index contributed by atoms with van der Waals surface area (Å²) in [5.74, 6) is 2.09. The van der Waals surface area contributed by atoms with Crippen LogP contribution in [-0.4, -0.2) is 32.6 Å². The topological polar surface area (TPSA) is 125 Å². The smallest absolute Gasteiger partial charge is 0.250 e. The van der Waals surface area contributed by atoms with Gasteiger partial charge in [0.15, 0.2) is 11.6 Å². The Hall–Kier alpha value is -1.54. The largest absolute Gasteiger partial charge is 0.381 e. The van der Waals surface area contributed by atoms with Crippen LogP contribution in [0.25, 0.3) is 0 Å². The molecule has 4 rings (SSSR count). The highest BCUT2D eigenvalue weighted by Gasteiger charge is 2.13. The Morgan fingerprint density at radius 2 is 1.52 bits per heavy atom. The number of halogens is 1. The molecular weight excluding hydrogens is 415 g/mol. The third-order valence-electron chi connectivity index (χ3n) is 5.65. The Morgan fingerprint density at radius 1 is 1.03 bits per heavy atom. The van der Waals surface area contributed by atoms with E-state index in [2.05, 4.69) is 18.8 Å². The number of anilines is 1. The van der Waals surface area contributed by atoms with E-state index in [1.807, 2.05) is 0 Å². The molecule has 0 aromatic carbocycles. The molecule has 0 unspecified atom stereocenters. The van der Waals surface area contributed by atoms with Crippen molar-refractivity contribution < 1.29 is 13.4 Å². The number of nitrogens with two attached hydrogens (primary N) is 3. The molecule has 2 heterocycles. The van der Waals surface area contributed by atoms with Gasteiger partial charge in [0.1, 0.15) is 0 Å². The van der Waals surface area contributed by atoms with Gasteiger partial charge in [0.05, 0.1) is 11.3 Å². The van der Waals surface area contributed by atoms with E-state index in [9.17, 15) is 13.4 Å². The minimum Gasteiger partial charge on any atom is -0.381 e. The molecule has 3 aliphatic rings. The number of nitrogens with zero attached hydrogens (tertiary/aromatic N) is 1. The molecule has 6 N–H and O–H groups in total. The second-order valence-electron chi connectivity index (χ2n) is 8.96. The van der Waals surface area contributed by atoms with E-state index in [1.54, 1.807) is 0 Å². The Labute approximate surface area is 189 Å². The molecule has 178 valence electrons. The molecule has 3 fully saturated rings. The molecule has 2 saturated carbocycles. The Balaban J connectivity index is 0.000000220. The molecule has 0 atom stereocenters. The van der Waals surface area contributed by atoms with E-state index in [0.717, 1.165) is 29.4 Å². The summed E-state index contributed by atoms with van der Waals surface area (Å²) in [4.78, 5) is 14.3. The fraction of sp³-hybridized carbons (Fsp3) is 0.739. The first-order valence-electron chi connectivity index (χ1n) is 11.4. The lowest BCUT2D eigenvalue weighted by atomic mass is 9.91. The van der Waals surface area contributed by atoms with Crippen molar-refractivity contribution in [1.29, 1.82) is 0 Å². The highest BCUT2D eigenvalue weighted by atomic mass is 32.2. The van der Waals surface area contributed by atoms with Gasteiger partial charge in [0, 0.05) is 28.3 Å². The number of carbonyl (C=O) groups excluding carboxylic acids is 1. The van der Waals surface area contributed by atoms with E-state index < -0.39 is 22.5 Å². The number of rotatable bonds is 1. The number of amides is 1. The quantitative estimate of drug-likeness (QED) is 0.587. The number of pyridine rings is 1. The van der Waals surface area contributed by atoms with Gasteiger partial charge in [-0.2, -0.15) is 0 Å². The predicted octanol–water partition coefficient (Wildman–Crippen LogP) is 4.07. The van der Waals surface area contributed by atoms with Gasteiger partial charge in [0.25, 0.3) is 5.91 Å². The number of nitrogen functional groups attached to an aromatic ring is 1. The number of aryl methyl sites for hydroxylation is 1. The molecular formula is C23H41FN4O2S. The van der Waals surface area contributed by atoms with E-state index in [0.29, 0.717) is 11.7 Å². The normalized spacial score (nSPS) is 23.1. The van der Waals surface area contributed by atoms with Gasteiger partial charge < -0.3 is 17.2 Å². The van der Waals surface area contributed by atoms with Crippen molar-refractivity contribution in [2.24, 2.45) is 23.3 Å². The molecule has 8 heteroatoms. The van der Waals surface area contributed by atoms with Crippen LogP contribution in [0.1, 0.15) is 87.7 Å². The Morgan fingerprint density at radius 3 is 1.87 bits per heavy atom. The average Bonchev–Trinajstić information content (AvgIpc) is 3.51. The van der Waals surface area contributed by atoms with Crippen molar-refractivity contribution in [3.63, 3.8) is 0 Å². The summed E-state index contributed by atoms with van der Waals surface area (Å²) in [6.45, 7) is 6.13. The van der Waals surface area contributed by atoms with Crippen LogP contribution in [-0.2, 0) is 10.8 Å². The molecule has 1 saturated heterocycles. The van der Waals surface area contributed by atoms with Gasteiger partial charge in [-0.3, -0.25) is 9.00 Å². The summed E-state index contributed by atoms with van der Waals surface area (Å²) in [7, 11) is -0.461. The van der Waals surface area contributed by atoms with Gasteiger partial charge in [0.2, 0.25) is 0 Å². The summed E-state index contributed by atoms with van der Waals surface area (Å²) in [6, 6.07) is 1.57. The minimum atomic E-state index is -0.727. The minimum absolute atomic E-state index is 0.0571. The van der Waals surface area contributed by atoms with Crippen molar-refractivity contribution in [2.75, 3.05) is 17.2 Å². The maximum atomic E-state index is 12.7. The van der Waals surface area contributed by atoms with Gasteiger partial charge in [-0.05, 0) is 50.5 Å². The van der Waals surface area contributed by atoms with Crippen molar-refractivity contribution in [2.45, 2.75) is 84.6 Å². The summed E-state index contributed by atoms with van der Waals surface area (Å²) in [6.07, 6.45) is 12.3. The molecule has 6 nitrogen and oxygen atoms in total. The fourth-order valence-corrected chi connectivity index (χ4v) is 4.70. The van der Waals surface area contributed by atoms with E-state index in [1.165, 1.54) is 64.7 Å². The summed E-state index contributed by atoms with van der Waals surface area (Å²) < 4.78 is 23.4. The van der Waals surface area contributed by atoms with Crippen LogP contribution in [0, 0.1) is 24.6 Å². The third kappa shape index (κ3) is 12.8. The molecule has 0 spiro atoms. The van der Waals surface area contributed by atoms with Gasteiger partial charge in [-0.1, -0.05) is 46.0 Å². The lowest BCUT2D eigenvalue weighted by Gasteiger charge is -2.15. The first-order valence-corrected chi connectivity index (χ1v) is 12.9. The van der Waals surface area contributed by atoms with Crippen LogP contribution in [0.2, 0.25) is 0 Å². The monoisotopic (exact) mass is 456 g/mol. The summed E-state index contributed by atoms with van der Waals surface area (Å²) >= 11 is 0. The second-order valence-corrected chi connectivity index (χ2v) is 10.7. The van der Waals surface area contributed by atoms with Crippen LogP contribution in [0.3, 0.4) is 0 Å². The number of primary amides is 1. The molecule has 1 aliphatic heterocycles. The standard InChI is InChI=1S/C7H8FN3O.C7H14.C6H12OS.C3H7N/c1-3-4(7(10)12)2-5(8)6(9)11-3;1-7-5-3-2-4-6-7;1-6-2-4-8(7)5-3-6;4-3-1-2-3/h2H,1H3,(H2,9,11)(H2,10,12);7H,2-6H2,1H3;6H,2-5H2,1H3;3H,1-2,4H2. The molecule has 2 aliphatic carbocycles. The molecule has 1 aromatic heterocycles. The zero-order valence-corrected chi connectivity index (χ0v) is 20.2. The summed E-state index contributed by atoms with van der Waals surface area (Å²) in [5.41, 5.74) is 15.7. The van der Waals surface area contributed by atoms with Crippen LogP contribution >= 0.6 is 0 Å². The number of hydrogen-bond donors (Lipinski definition) is 3. The van der Waals surface area contributed by atoms with E-state index in [-0.39, 0.29) is 11.4 Å². The zero-order chi connectivity index (χ0) is 23.4. The molecule has 0 bridgehead atoms. The van der Waals surface area contributed by atoms with E-state index in [4.69, 9.17) is 17.2 Å². The number of hydrogen-bond acceptors (Lipinski definition) is 5. The molecule has 0 radical (unpaired) electrons. The highest BCUT2D eigenvalue weighted by molar-refractivity contribution is 7.85. The third-order valence-corrected chi connectivity index (χ3v) is 7.03. The van der Waals surface area contributed by atoms with Crippen molar-refractivity contribution in [3.05, 3.63) is 23.1 Å². The van der Waals surface area contributed by atoms with Crippen LogP contribution in [0.5, 0.6) is 0 Å². The van der Waals surface area contributed by atoms with Crippen molar-refractivity contribution in [1.82, 2.24) is 4.98 Å². The van der Waals surface area contributed by atoms with Gasteiger partial charge >= 0.3 is 0 Å². The van der Waals surface area contributed by atoms with Crippen molar-refractivity contribution in [3.8, 4) is 0 Å². The number of aromatic nitrogens is 1. The Kier molecular flexibility index (Phi) is 12.9. The fourth-order valence-electron chi connectivity index (χ4n) is 3.16. The van der Waals surface area contributed by atoms with Crippen molar-refractivity contribution >= 4 is 22.5 Å². The SMILES string of the molecule is CC1CCCCC1.CC1CCS(=O)CC1.Cc1nc(N)c(F)cc1C(N)=O.NC1CC1. The van der Waals surface area contributed by atoms with Crippen LogP contribution in [0.4, 0.5) is 10.2 Å². The molecule has 31 heavy (non-hydrogen) atoms. The Bertz CT molecular complexity index is 697. The van der Waals surface area contributed by atoms with Crippen LogP contribution in [0.15, 0.2) is 6.07 Å². The molecule has 1 amide bonds. The lowest BCUT2D eigenvalue weighted by molar-refractivity contribution is 0.0999. The number of carbonyl (C=O) groups is 1. The first-order chi connectivity index (χ1) is 14.6. The maximum Gasteiger partial charge on any atom is 0.250 e. The lowest BCUT2D eigenvalue weighted by Crippen LogP contribution is -2.15. The van der Waals surface area contributed by atoms with Gasteiger partial charge in [-0.15, -0.1) is 0 Å². The summed E-state index contributed by atoms with van der Waals surface area (Å²) in [5, 5.41) is 0. The first kappa shape index (κ1) is 27.5. The molecule has 1 aromatic rings. The van der Waals surface area contributed by atoms with Gasteiger partial charge in [-0.25, -0.2) is 9.37 Å². The van der Waals surface area contributed by atoms with E-state index >= 15 is 0 Å².